The van der Waals surface area contributed by atoms with Gasteiger partial charge in [0.05, 0.1) is 5.56 Å². The SMILES string of the molecule is CCc1ccsc1CNc1cccc(F)c1C(N)=S. The van der Waals surface area contributed by atoms with Gasteiger partial charge in [-0.1, -0.05) is 25.2 Å². The van der Waals surface area contributed by atoms with Crippen LogP contribution in [0.15, 0.2) is 29.6 Å². The zero-order valence-electron chi connectivity index (χ0n) is 10.6. The van der Waals surface area contributed by atoms with Crippen LogP contribution >= 0.6 is 23.6 Å². The molecule has 0 radical (unpaired) electrons. The van der Waals surface area contributed by atoms with Gasteiger partial charge in [-0.3, -0.25) is 0 Å². The number of thiocarbonyl (C=S) groups is 1. The normalized spacial score (nSPS) is 10.4. The Bertz CT molecular complexity index is 593. The van der Waals surface area contributed by atoms with E-state index in [1.54, 1.807) is 23.5 Å². The fraction of sp³-hybridized carbons (Fsp3) is 0.214. The molecular formula is C14H15FN2S2. The van der Waals surface area contributed by atoms with Crippen LogP contribution < -0.4 is 11.1 Å². The van der Waals surface area contributed by atoms with Crippen LogP contribution in [0.1, 0.15) is 22.9 Å². The van der Waals surface area contributed by atoms with E-state index in [1.807, 2.05) is 0 Å². The van der Waals surface area contributed by atoms with E-state index >= 15 is 0 Å². The average Bonchev–Trinajstić information content (AvgIpc) is 2.83. The molecule has 1 heterocycles. The minimum Gasteiger partial charge on any atom is -0.389 e. The molecule has 2 rings (SSSR count). The molecule has 0 unspecified atom stereocenters. The van der Waals surface area contributed by atoms with E-state index in [0.717, 1.165) is 6.42 Å². The maximum absolute atomic E-state index is 13.7. The van der Waals surface area contributed by atoms with Crippen LogP contribution in [0.4, 0.5) is 10.1 Å². The van der Waals surface area contributed by atoms with Gasteiger partial charge in [0.15, 0.2) is 0 Å². The number of anilines is 1. The van der Waals surface area contributed by atoms with Crippen LogP contribution in [0.25, 0.3) is 0 Å². The third-order valence-corrected chi connectivity index (χ3v) is 4.09. The monoisotopic (exact) mass is 294 g/mol. The van der Waals surface area contributed by atoms with Crippen molar-refractivity contribution < 1.29 is 4.39 Å². The number of hydrogen-bond acceptors (Lipinski definition) is 3. The van der Waals surface area contributed by atoms with Crippen LogP contribution in [0.2, 0.25) is 0 Å². The van der Waals surface area contributed by atoms with E-state index in [9.17, 15) is 4.39 Å². The van der Waals surface area contributed by atoms with Crippen molar-refractivity contribution in [2.75, 3.05) is 5.32 Å². The highest BCUT2D eigenvalue weighted by atomic mass is 32.1. The van der Waals surface area contributed by atoms with Crippen molar-refractivity contribution >= 4 is 34.2 Å². The molecule has 0 amide bonds. The molecule has 0 aliphatic rings. The molecule has 0 saturated heterocycles. The molecule has 1 aromatic heterocycles. The first-order valence-electron chi connectivity index (χ1n) is 6.01. The molecule has 0 aliphatic heterocycles. The molecule has 1 aromatic carbocycles. The summed E-state index contributed by atoms with van der Waals surface area (Å²) >= 11 is 6.59. The Morgan fingerprint density at radius 2 is 2.21 bits per heavy atom. The van der Waals surface area contributed by atoms with Crippen molar-refractivity contribution in [3.8, 4) is 0 Å². The molecule has 0 saturated carbocycles. The number of hydrogen-bond donors (Lipinski definition) is 2. The zero-order valence-corrected chi connectivity index (χ0v) is 12.2. The van der Waals surface area contributed by atoms with Crippen molar-refractivity contribution in [3.05, 3.63) is 51.5 Å². The smallest absolute Gasteiger partial charge is 0.135 e. The van der Waals surface area contributed by atoms with E-state index in [0.29, 0.717) is 12.2 Å². The van der Waals surface area contributed by atoms with Gasteiger partial charge < -0.3 is 11.1 Å². The van der Waals surface area contributed by atoms with Crippen molar-refractivity contribution in [2.45, 2.75) is 19.9 Å². The van der Waals surface area contributed by atoms with Crippen molar-refractivity contribution in [1.29, 1.82) is 0 Å². The van der Waals surface area contributed by atoms with E-state index in [-0.39, 0.29) is 16.4 Å². The van der Waals surface area contributed by atoms with E-state index < -0.39 is 0 Å². The molecule has 2 aromatic rings. The van der Waals surface area contributed by atoms with Crippen LogP contribution in [0, 0.1) is 5.82 Å². The number of nitrogens with one attached hydrogen (secondary N) is 1. The van der Waals surface area contributed by atoms with E-state index in [2.05, 4.69) is 23.7 Å². The summed E-state index contributed by atoms with van der Waals surface area (Å²) in [5.41, 5.74) is 7.81. The first-order valence-corrected chi connectivity index (χ1v) is 7.29. The predicted octanol–water partition coefficient (Wildman–Crippen LogP) is 3.70. The molecule has 0 aliphatic carbocycles. The number of benzene rings is 1. The summed E-state index contributed by atoms with van der Waals surface area (Å²) < 4.78 is 13.7. The third kappa shape index (κ3) is 3.11. The maximum Gasteiger partial charge on any atom is 0.135 e. The molecule has 0 spiro atoms. The van der Waals surface area contributed by atoms with E-state index in [4.69, 9.17) is 18.0 Å². The van der Waals surface area contributed by atoms with Gasteiger partial charge in [0.25, 0.3) is 0 Å². The second-order valence-electron chi connectivity index (χ2n) is 4.10. The summed E-state index contributed by atoms with van der Waals surface area (Å²) in [6.07, 6.45) is 0.992. The number of rotatable bonds is 5. The van der Waals surface area contributed by atoms with Crippen molar-refractivity contribution in [2.24, 2.45) is 5.73 Å². The van der Waals surface area contributed by atoms with Crippen molar-refractivity contribution in [1.82, 2.24) is 0 Å². The maximum atomic E-state index is 13.7. The van der Waals surface area contributed by atoms with Gasteiger partial charge in [0.1, 0.15) is 10.8 Å². The van der Waals surface area contributed by atoms with Crippen LogP contribution in [-0.2, 0) is 13.0 Å². The van der Waals surface area contributed by atoms with Crippen LogP contribution in [-0.4, -0.2) is 4.99 Å². The molecule has 100 valence electrons. The molecular weight excluding hydrogens is 279 g/mol. The predicted molar refractivity (Wildman–Crippen MR) is 83.3 cm³/mol. The molecule has 19 heavy (non-hydrogen) atoms. The number of aryl methyl sites for hydroxylation is 1. The van der Waals surface area contributed by atoms with Gasteiger partial charge >= 0.3 is 0 Å². The summed E-state index contributed by atoms with van der Waals surface area (Å²) in [4.78, 5) is 1.32. The van der Waals surface area contributed by atoms with Gasteiger partial charge in [-0.05, 0) is 35.6 Å². The minimum atomic E-state index is -0.389. The van der Waals surface area contributed by atoms with Crippen LogP contribution in [0.3, 0.4) is 0 Å². The standard InChI is InChI=1S/C14H15FN2S2/c1-2-9-6-7-19-12(9)8-17-11-5-3-4-10(15)13(11)14(16)18/h3-7,17H,2,8H2,1H3,(H2,16,18). The van der Waals surface area contributed by atoms with Gasteiger partial charge in [-0.2, -0.15) is 0 Å². The fourth-order valence-electron chi connectivity index (χ4n) is 1.93. The first kappa shape index (κ1) is 14.0. The highest BCUT2D eigenvalue weighted by molar-refractivity contribution is 7.80. The van der Waals surface area contributed by atoms with Crippen molar-refractivity contribution in [3.63, 3.8) is 0 Å². The Kier molecular flexibility index (Phi) is 4.50. The summed E-state index contributed by atoms with van der Waals surface area (Å²) in [5.74, 6) is -0.389. The van der Waals surface area contributed by atoms with Gasteiger partial charge in [-0.15, -0.1) is 11.3 Å². The van der Waals surface area contributed by atoms with Gasteiger partial charge in [0.2, 0.25) is 0 Å². The van der Waals surface area contributed by atoms with E-state index in [1.165, 1.54) is 16.5 Å². The Labute approximate surface area is 121 Å². The Hall–Kier alpha value is -1.46. The highest BCUT2D eigenvalue weighted by Gasteiger charge is 2.11. The lowest BCUT2D eigenvalue weighted by molar-refractivity contribution is 0.626. The number of thiophene rings is 1. The lowest BCUT2D eigenvalue weighted by Crippen LogP contribution is -2.15. The lowest BCUT2D eigenvalue weighted by atomic mass is 10.1. The largest absolute Gasteiger partial charge is 0.389 e. The van der Waals surface area contributed by atoms with Crippen LogP contribution in [0.5, 0.6) is 0 Å². The summed E-state index contributed by atoms with van der Waals surface area (Å²) in [6.45, 7) is 2.77. The molecule has 0 fully saturated rings. The van der Waals surface area contributed by atoms with Gasteiger partial charge in [-0.25, -0.2) is 4.39 Å². The summed E-state index contributed by atoms with van der Waals surface area (Å²) in [6, 6.07) is 6.91. The molecule has 3 N–H and O–H groups in total. The third-order valence-electron chi connectivity index (χ3n) is 2.92. The second kappa shape index (κ2) is 6.12. The molecule has 2 nitrogen and oxygen atoms in total. The molecule has 0 atom stereocenters. The van der Waals surface area contributed by atoms with Gasteiger partial charge in [0, 0.05) is 17.1 Å². The number of nitrogens with two attached hydrogens (primary N) is 1. The Morgan fingerprint density at radius 3 is 2.89 bits per heavy atom. The zero-order chi connectivity index (χ0) is 13.8. The topological polar surface area (TPSA) is 38.0 Å². The minimum absolute atomic E-state index is 0.0718. The quantitative estimate of drug-likeness (QED) is 0.826. The highest BCUT2D eigenvalue weighted by Crippen LogP contribution is 2.22. The Morgan fingerprint density at radius 1 is 1.42 bits per heavy atom. The Balaban J connectivity index is 2.20. The molecule has 5 heteroatoms. The molecule has 0 bridgehead atoms. The lowest BCUT2D eigenvalue weighted by Gasteiger charge is -2.12. The number of halogens is 1. The first-order chi connectivity index (χ1) is 9.13. The summed E-state index contributed by atoms with van der Waals surface area (Å²) in [5, 5.41) is 5.28. The average molecular weight is 294 g/mol. The second-order valence-corrected chi connectivity index (χ2v) is 5.54. The fourth-order valence-corrected chi connectivity index (χ4v) is 3.06. The summed E-state index contributed by atoms with van der Waals surface area (Å²) in [7, 11) is 0.